The predicted octanol–water partition coefficient (Wildman–Crippen LogP) is 2.74. The molecule has 0 saturated carbocycles. The molecule has 4 rings (SSSR count). The van der Waals surface area contributed by atoms with E-state index in [2.05, 4.69) is 24.5 Å². The van der Waals surface area contributed by atoms with Crippen LogP contribution < -0.4 is 15.5 Å². The summed E-state index contributed by atoms with van der Waals surface area (Å²) in [6.45, 7) is 6.40. The number of rotatable bonds is 2. The predicted molar refractivity (Wildman–Crippen MR) is 97.9 cm³/mol. The number of quaternary nitrogens is 1. The van der Waals surface area contributed by atoms with Gasteiger partial charge in [0.25, 0.3) is 5.91 Å². The first-order chi connectivity index (χ1) is 12.0. The van der Waals surface area contributed by atoms with Crippen molar-refractivity contribution in [2.45, 2.75) is 39.0 Å². The smallest absolute Gasteiger partial charge is 0.256 e. The summed E-state index contributed by atoms with van der Waals surface area (Å²) in [4.78, 5) is 15.5. The number of thiophene rings is 1. The molecule has 2 aromatic rings. The third kappa shape index (κ3) is 2.82. The molecule has 0 spiro atoms. The van der Waals surface area contributed by atoms with Gasteiger partial charge in [0.05, 0.1) is 28.0 Å². The maximum absolute atomic E-state index is 14.2. The van der Waals surface area contributed by atoms with Gasteiger partial charge in [0, 0.05) is 12.0 Å². The van der Waals surface area contributed by atoms with Crippen LogP contribution in [-0.2, 0) is 13.0 Å². The van der Waals surface area contributed by atoms with E-state index >= 15 is 0 Å². The summed E-state index contributed by atoms with van der Waals surface area (Å²) >= 11 is 7.78. The molecule has 1 aromatic carbocycles. The van der Waals surface area contributed by atoms with Crippen LogP contribution in [0.4, 0.5) is 9.39 Å². The van der Waals surface area contributed by atoms with Crippen LogP contribution in [0.1, 0.15) is 46.4 Å². The molecular formula is C18H20ClFN3OS+. The molecule has 1 aromatic heterocycles. The minimum atomic E-state index is -0.651. The fourth-order valence-corrected chi connectivity index (χ4v) is 5.23. The number of anilines is 1. The van der Waals surface area contributed by atoms with E-state index in [1.165, 1.54) is 15.8 Å². The first-order valence-corrected chi connectivity index (χ1v) is 9.65. The third-order valence-electron chi connectivity index (χ3n) is 5.06. The molecule has 3 heterocycles. The van der Waals surface area contributed by atoms with Gasteiger partial charge in [0.2, 0.25) is 0 Å². The second-order valence-corrected chi connectivity index (χ2v) is 8.40. The number of amides is 1. The minimum Gasteiger partial charge on any atom is -0.352 e. The molecule has 25 heavy (non-hydrogen) atoms. The summed E-state index contributed by atoms with van der Waals surface area (Å²) < 4.78 is 14.2. The largest absolute Gasteiger partial charge is 0.352 e. The van der Waals surface area contributed by atoms with Crippen molar-refractivity contribution in [3.05, 3.63) is 50.6 Å². The van der Waals surface area contributed by atoms with Crippen molar-refractivity contribution in [3.63, 3.8) is 0 Å². The van der Waals surface area contributed by atoms with E-state index in [1.54, 1.807) is 23.5 Å². The average molecular weight is 381 g/mol. The zero-order valence-corrected chi connectivity index (χ0v) is 15.7. The van der Waals surface area contributed by atoms with Gasteiger partial charge in [-0.2, -0.15) is 0 Å². The Bertz CT molecular complexity index is 831. The molecular weight excluding hydrogens is 361 g/mol. The van der Waals surface area contributed by atoms with Crippen molar-refractivity contribution in [3.8, 4) is 0 Å². The summed E-state index contributed by atoms with van der Waals surface area (Å²) in [5.41, 5.74) is 2.16. The Hall–Kier alpha value is -1.63. The topological polar surface area (TPSA) is 45.6 Å². The molecule has 0 bridgehead atoms. The van der Waals surface area contributed by atoms with Crippen molar-refractivity contribution < 1.29 is 14.1 Å². The van der Waals surface area contributed by atoms with Crippen LogP contribution in [0.5, 0.6) is 0 Å². The molecule has 7 heteroatoms. The van der Waals surface area contributed by atoms with Crippen LogP contribution in [0.3, 0.4) is 0 Å². The highest BCUT2D eigenvalue weighted by molar-refractivity contribution is 7.16. The Balaban J connectivity index is 1.70. The molecule has 4 nitrogen and oxygen atoms in total. The zero-order valence-electron chi connectivity index (χ0n) is 14.1. The number of carbonyl (C=O) groups excluding carboxylic acids is 1. The van der Waals surface area contributed by atoms with Crippen molar-refractivity contribution in [2.75, 3.05) is 11.9 Å². The fraction of sp³-hybridized carbons (Fsp3) is 0.389. The van der Waals surface area contributed by atoms with Crippen molar-refractivity contribution in [1.29, 1.82) is 0 Å². The van der Waals surface area contributed by atoms with Crippen LogP contribution in [-0.4, -0.2) is 18.5 Å². The summed E-state index contributed by atoms with van der Waals surface area (Å²) in [5, 5.41) is 7.27. The zero-order chi connectivity index (χ0) is 17.7. The Kier molecular flexibility index (Phi) is 4.22. The number of hydrogen-bond donors (Lipinski definition) is 3. The Morgan fingerprint density at radius 1 is 1.36 bits per heavy atom. The molecule has 3 N–H and O–H groups in total. The summed E-state index contributed by atoms with van der Waals surface area (Å²) in [5.74, 6) is -0.575. The lowest BCUT2D eigenvalue weighted by Gasteiger charge is -2.29. The van der Waals surface area contributed by atoms with Crippen molar-refractivity contribution >= 4 is 33.8 Å². The Labute approximate surface area is 155 Å². The SMILES string of the molecule is CC(C)[NH+]1CCc2c(sc3c2C(=O)N[C@@H](c2c(F)cccc2Cl)N3)C1. The lowest BCUT2D eigenvalue weighted by atomic mass is 9.99. The maximum atomic E-state index is 14.2. The van der Waals surface area contributed by atoms with Crippen LogP contribution in [0, 0.1) is 5.82 Å². The van der Waals surface area contributed by atoms with Gasteiger partial charge in [-0.3, -0.25) is 4.79 Å². The highest BCUT2D eigenvalue weighted by Gasteiger charge is 2.36. The quantitative estimate of drug-likeness (QED) is 0.750. The lowest BCUT2D eigenvalue weighted by molar-refractivity contribution is -0.936. The van der Waals surface area contributed by atoms with Gasteiger partial charge in [-0.25, -0.2) is 4.39 Å². The van der Waals surface area contributed by atoms with E-state index in [0.29, 0.717) is 11.1 Å². The summed E-state index contributed by atoms with van der Waals surface area (Å²) in [6.07, 6.45) is 0.247. The molecule has 2 aliphatic heterocycles. The molecule has 0 aliphatic carbocycles. The van der Waals surface area contributed by atoms with E-state index in [4.69, 9.17) is 11.6 Å². The number of hydrogen-bond acceptors (Lipinski definition) is 3. The molecule has 2 aliphatic rings. The summed E-state index contributed by atoms with van der Waals surface area (Å²) in [7, 11) is 0. The molecule has 132 valence electrons. The maximum Gasteiger partial charge on any atom is 0.256 e. The van der Waals surface area contributed by atoms with Gasteiger partial charge in [-0.1, -0.05) is 17.7 Å². The molecule has 1 amide bonds. The van der Waals surface area contributed by atoms with Gasteiger partial charge in [0.15, 0.2) is 0 Å². The third-order valence-corrected chi connectivity index (χ3v) is 6.55. The molecule has 0 fully saturated rings. The highest BCUT2D eigenvalue weighted by atomic mass is 35.5. The number of carbonyl (C=O) groups is 1. The first kappa shape index (κ1) is 16.8. The number of benzene rings is 1. The van der Waals surface area contributed by atoms with Gasteiger partial charge < -0.3 is 15.5 Å². The first-order valence-electron chi connectivity index (χ1n) is 8.46. The van der Waals surface area contributed by atoms with Crippen LogP contribution in [0.25, 0.3) is 0 Å². The van der Waals surface area contributed by atoms with E-state index in [1.807, 2.05) is 0 Å². The van der Waals surface area contributed by atoms with Crippen LogP contribution in [0.15, 0.2) is 18.2 Å². The van der Waals surface area contributed by atoms with E-state index in [-0.39, 0.29) is 11.5 Å². The van der Waals surface area contributed by atoms with Crippen LogP contribution >= 0.6 is 22.9 Å². The van der Waals surface area contributed by atoms with Crippen molar-refractivity contribution in [2.24, 2.45) is 0 Å². The van der Waals surface area contributed by atoms with Crippen molar-refractivity contribution in [1.82, 2.24) is 5.32 Å². The average Bonchev–Trinajstić information content (AvgIpc) is 2.92. The Morgan fingerprint density at radius 2 is 2.16 bits per heavy atom. The lowest BCUT2D eigenvalue weighted by Crippen LogP contribution is -3.14. The van der Waals surface area contributed by atoms with E-state index < -0.39 is 12.0 Å². The van der Waals surface area contributed by atoms with Gasteiger partial charge in [-0.15, -0.1) is 11.3 Å². The van der Waals surface area contributed by atoms with Gasteiger partial charge in [-0.05, 0) is 31.5 Å². The second-order valence-electron chi connectivity index (χ2n) is 6.88. The normalized spacial score (nSPS) is 22.2. The molecule has 1 unspecified atom stereocenters. The molecule has 0 radical (unpaired) electrons. The fourth-order valence-electron chi connectivity index (χ4n) is 3.64. The molecule has 2 atom stereocenters. The van der Waals surface area contributed by atoms with Crippen LogP contribution in [0.2, 0.25) is 5.02 Å². The monoisotopic (exact) mass is 380 g/mol. The highest BCUT2D eigenvalue weighted by Crippen LogP contribution is 2.40. The van der Waals surface area contributed by atoms with Gasteiger partial charge in [0.1, 0.15) is 23.5 Å². The minimum absolute atomic E-state index is 0.149. The van der Waals surface area contributed by atoms with Gasteiger partial charge >= 0.3 is 0 Å². The number of nitrogens with one attached hydrogen (secondary N) is 3. The van der Waals surface area contributed by atoms with E-state index in [0.717, 1.165) is 35.6 Å². The molecule has 0 saturated heterocycles. The van der Waals surface area contributed by atoms with E-state index in [9.17, 15) is 9.18 Å². The second kappa shape index (κ2) is 6.27. The summed E-state index contributed by atoms with van der Waals surface area (Å²) in [6, 6.07) is 5.10. The number of halogens is 2. The standard InChI is InChI=1S/C18H19ClFN3OS/c1-9(2)23-7-6-10-13(8-23)25-18-14(10)17(24)21-16(22-18)15-11(19)4-3-5-12(15)20/h3-5,9,16,22H,6-8H2,1-2H3,(H,21,24)/p+1/t16-/m1/s1. The Morgan fingerprint density at radius 3 is 2.88 bits per heavy atom. The number of fused-ring (bicyclic) bond motifs is 3.